The number of ether oxygens (including phenoxy) is 1. The first-order valence-corrected chi connectivity index (χ1v) is 11.5. The monoisotopic (exact) mass is 473 g/mol. The molecule has 6 heteroatoms. The molecule has 172 valence electrons. The normalized spacial score (nSPS) is 15.1. The minimum absolute atomic E-state index is 0.121. The summed E-state index contributed by atoms with van der Waals surface area (Å²) in [5, 5.41) is 1.08. The van der Waals surface area contributed by atoms with Gasteiger partial charge < -0.3 is 14.1 Å². The van der Waals surface area contributed by atoms with E-state index in [4.69, 9.17) is 20.8 Å². The minimum atomic E-state index is -0.541. The Morgan fingerprint density at radius 3 is 2.32 bits per heavy atom. The molecule has 34 heavy (non-hydrogen) atoms. The lowest BCUT2D eigenvalue weighted by Crippen LogP contribution is -2.31. The first-order valence-electron chi connectivity index (χ1n) is 11.1. The Bertz CT molecular complexity index is 1460. The average molecular weight is 474 g/mol. The largest absolute Gasteiger partial charge is 0.497 e. The van der Waals surface area contributed by atoms with Gasteiger partial charge in [-0.05, 0) is 78.9 Å². The molecule has 5 rings (SSSR count). The zero-order valence-electron chi connectivity index (χ0n) is 19.2. The quantitative estimate of drug-likeness (QED) is 0.364. The van der Waals surface area contributed by atoms with E-state index in [1.165, 1.54) is 0 Å². The van der Waals surface area contributed by atoms with Gasteiger partial charge in [0.1, 0.15) is 11.3 Å². The van der Waals surface area contributed by atoms with Crippen LogP contribution in [0.3, 0.4) is 0 Å². The molecule has 0 saturated heterocycles. The van der Waals surface area contributed by atoms with E-state index in [2.05, 4.69) is 0 Å². The lowest BCUT2D eigenvalue weighted by Gasteiger charge is -2.25. The molecule has 3 aromatic carbocycles. The number of fused-ring (bicyclic) bond motifs is 2. The number of aryl methyl sites for hydroxylation is 2. The molecule has 0 aliphatic carbocycles. The Hall–Kier alpha value is -3.57. The topological polar surface area (TPSA) is 59.8 Å². The predicted molar refractivity (Wildman–Crippen MR) is 133 cm³/mol. The van der Waals surface area contributed by atoms with E-state index in [1.54, 1.807) is 24.1 Å². The second kappa shape index (κ2) is 8.65. The van der Waals surface area contributed by atoms with Crippen molar-refractivity contribution in [2.75, 3.05) is 13.7 Å². The van der Waals surface area contributed by atoms with Crippen LogP contribution < -0.4 is 10.2 Å². The van der Waals surface area contributed by atoms with Crippen molar-refractivity contribution < 1.29 is 13.9 Å². The van der Waals surface area contributed by atoms with E-state index in [0.717, 1.165) is 28.0 Å². The van der Waals surface area contributed by atoms with Crippen molar-refractivity contribution in [2.24, 2.45) is 0 Å². The van der Waals surface area contributed by atoms with Gasteiger partial charge in [0.15, 0.2) is 5.43 Å². The second-order valence-corrected chi connectivity index (χ2v) is 9.09. The molecule has 1 aliphatic rings. The SMILES string of the molecule is COc1ccc(CCN2C(=O)c3oc4cc(C)c(C)cc4c(=O)c3[C@H]2c2ccc(Cl)cc2)cc1. The fraction of sp³-hybridized carbons (Fsp3) is 0.214. The van der Waals surface area contributed by atoms with Crippen LogP contribution in [0.15, 0.2) is 69.9 Å². The number of carbonyl (C=O) groups excluding carboxylic acids is 1. The number of benzene rings is 3. The van der Waals surface area contributed by atoms with Crippen LogP contribution in [-0.4, -0.2) is 24.5 Å². The lowest BCUT2D eigenvalue weighted by atomic mass is 9.97. The van der Waals surface area contributed by atoms with Crippen molar-refractivity contribution in [3.8, 4) is 5.75 Å². The Morgan fingerprint density at radius 1 is 0.971 bits per heavy atom. The van der Waals surface area contributed by atoms with Gasteiger partial charge >= 0.3 is 0 Å². The number of amides is 1. The summed E-state index contributed by atoms with van der Waals surface area (Å²) in [5.74, 6) is 0.621. The molecule has 1 aliphatic heterocycles. The highest BCUT2D eigenvalue weighted by molar-refractivity contribution is 6.30. The molecule has 0 spiro atoms. The predicted octanol–water partition coefficient (Wildman–Crippen LogP) is 5.86. The Morgan fingerprint density at radius 2 is 1.65 bits per heavy atom. The first kappa shape index (κ1) is 22.2. The summed E-state index contributed by atoms with van der Waals surface area (Å²) in [7, 11) is 1.63. The van der Waals surface area contributed by atoms with Crippen LogP contribution in [0, 0.1) is 13.8 Å². The molecule has 0 bridgehead atoms. The maximum Gasteiger partial charge on any atom is 0.290 e. The molecule has 0 radical (unpaired) electrons. The first-order chi connectivity index (χ1) is 16.4. The maximum absolute atomic E-state index is 13.7. The summed E-state index contributed by atoms with van der Waals surface area (Å²) in [6, 6.07) is 18.2. The molecule has 4 aromatic rings. The molecule has 5 nitrogen and oxygen atoms in total. The van der Waals surface area contributed by atoms with Gasteiger partial charge in [-0.25, -0.2) is 0 Å². The van der Waals surface area contributed by atoms with Gasteiger partial charge in [0.25, 0.3) is 5.91 Å². The van der Waals surface area contributed by atoms with Gasteiger partial charge in [-0.2, -0.15) is 0 Å². The van der Waals surface area contributed by atoms with Crippen molar-refractivity contribution >= 4 is 28.5 Å². The average Bonchev–Trinajstić information content (AvgIpc) is 3.11. The van der Waals surface area contributed by atoms with Crippen molar-refractivity contribution in [2.45, 2.75) is 26.3 Å². The van der Waals surface area contributed by atoms with Gasteiger partial charge in [-0.1, -0.05) is 35.9 Å². The number of carbonyl (C=O) groups is 1. The van der Waals surface area contributed by atoms with E-state index in [-0.39, 0.29) is 17.1 Å². The Kier molecular flexibility index (Phi) is 5.66. The van der Waals surface area contributed by atoms with Crippen LogP contribution >= 0.6 is 11.6 Å². The molecule has 0 unspecified atom stereocenters. The third-order valence-corrected chi connectivity index (χ3v) is 6.82. The second-order valence-electron chi connectivity index (χ2n) is 8.66. The number of methoxy groups -OCH3 is 1. The van der Waals surface area contributed by atoms with E-state index >= 15 is 0 Å². The number of halogens is 1. The summed E-state index contributed by atoms with van der Waals surface area (Å²) in [5.41, 5.74) is 4.55. The smallest absolute Gasteiger partial charge is 0.290 e. The lowest BCUT2D eigenvalue weighted by molar-refractivity contribution is 0.0730. The maximum atomic E-state index is 13.7. The Balaban J connectivity index is 1.61. The van der Waals surface area contributed by atoms with E-state index in [9.17, 15) is 9.59 Å². The number of nitrogens with zero attached hydrogens (tertiary/aromatic N) is 1. The zero-order valence-corrected chi connectivity index (χ0v) is 20.0. The van der Waals surface area contributed by atoms with Crippen LogP contribution in [0.25, 0.3) is 11.0 Å². The summed E-state index contributed by atoms with van der Waals surface area (Å²) in [4.78, 5) is 29.0. The highest BCUT2D eigenvalue weighted by atomic mass is 35.5. The minimum Gasteiger partial charge on any atom is -0.497 e. The van der Waals surface area contributed by atoms with Crippen molar-refractivity contribution in [3.63, 3.8) is 0 Å². The standard InChI is InChI=1S/C28H24ClNO4/c1-16-14-22-23(15-17(16)2)34-27-24(26(22)31)25(19-6-8-20(29)9-7-19)30(28(27)32)13-12-18-4-10-21(33-3)11-5-18/h4-11,14-15,25H,12-13H2,1-3H3/t25-/m1/s1. The summed E-state index contributed by atoms with van der Waals surface area (Å²) in [6.45, 7) is 4.35. The van der Waals surface area contributed by atoms with Crippen molar-refractivity contribution in [1.82, 2.24) is 4.90 Å². The summed E-state index contributed by atoms with van der Waals surface area (Å²) < 4.78 is 11.3. The fourth-order valence-corrected chi connectivity index (χ4v) is 4.67. The summed E-state index contributed by atoms with van der Waals surface area (Å²) in [6.07, 6.45) is 0.625. The Labute approximate surface area is 202 Å². The van der Waals surface area contributed by atoms with Gasteiger partial charge in [0.05, 0.1) is 24.1 Å². The van der Waals surface area contributed by atoms with Gasteiger partial charge in [0, 0.05) is 11.6 Å². The van der Waals surface area contributed by atoms with Crippen LogP contribution in [0.5, 0.6) is 5.75 Å². The van der Waals surface area contributed by atoms with Gasteiger partial charge in [-0.15, -0.1) is 0 Å². The van der Waals surface area contributed by atoms with Crippen molar-refractivity contribution in [1.29, 1.82) is 0 Å². The zero-order chi connectivity index (χ0) is 24.0. The summed E-state index contributed by atoms with van der Waals surface area (Å²) >= 11 is 6.12. The van der Waals surface area contributed by atoms with E-state index in [1.807, 2.05) is 62.4 Å². The third kappa shape index (κ3) is 3.76. The molecule has 0 N–H and O–H groups in total. The highest BCUT2D eigenvalue weighted by Gasteiger charge is 2.42. The number of hydrogen-bond acceptors (Lipinski definition) is 4. The molecule has 1 aromatic heterocycles. The van der Waals surface area contributed by atoms with E-state index in [0.29, 0.717) is 34.5 Å². The molecule has 0 saturated carbocycles. The van der Waals surface area contributed by atoms with E-state index < -0.39 is 6.04 Å². The molecular formula is C28H24ClNO4. The number of hydrogen-bond donors (Lipinski definition) is 0. The number of rotatable bonds is 5. The molecule has 1 amide bonds. The molecule has 0 fully saturated rings. The van der Waals surface area contributed by atoms with Crippen LogP contribution in [-0.2, 0) is 6.42 Å². The van der Waals surface area contributed by atoms with Crippen LogP contribution in [0.4, 0.5) is 0 Å². The molecular weight excluding hydrogens is 450 g/mol. The molecule has 2 heterocycles. The van der Waals surface area contributed by atoms with Crippen molar-refractivity contribution in [3.05, 3.63) is 109 Å². The molecule has 1 atom stereocenters. The van der Waals surface area contributed by atoms with Gasteiger partial charge in [-0.3, -0.25) is 9.59 Å². The van der Waals surface area contributed by atoms with Gasteiger partial charge in [0.2, 0.25) is 5.76 Å². The third-order valence-electron chi connectivity index (χ3n) is 6.57. The van der Waals surface area contributed by atoms with Crippen LogP contribution in [0.2, 0.25) is 5.02 Å². The fourth-order valence-electron chi connectivity index (χ4n) is 4.54. The highest BCUT2D eigenvalue weighted by Crippen LogP contribution is 2.38. The van der Waals surface area contributed by atoms with Crippen LogP contribution in [0.1, 0.15) is 44.4 Å².